The highest BCUT2D eigenvalue weighted by Gasteiger charge is 2.25. The molecule has 0 aromatic heterocycles. The molecule has 5 heteroatoms. The van der Waals surface area contributed by atoms with E-state index in [1.807, 2.05) is 37.3 Å². The van der Waals surface area contributed by atoms with Crippen LogP contribution in [0.4, 0.5) is 5.69 Å². The molecule has 1 aliphatic rings. The van der Waals surface area contributed by atoms with Gasteiger partial charge >= 0.3 is 7.48 Å². The molecule has 4 nitrogen and oxygen atoms in total. The molecule has 1 heterocycles. The van der Waals surface area contributed by atoms with Crippen molar-refractivity contribution >= 4 is 35.3 Å². The van der Waals surface area contributed by atoms with Crippen LogP contribution < -0.4 is 10.8 Å². The van der Waals surface area contributed by atoms with Crippen LogP contribution in [0.1, 0.15) is 31.1 Å². The number of anilines is 1. The lowest BCUT2D eigenvalue weighted by molar-refractivity contribution is -0.0222. The largest absolute Gasteiger partial charge is 0.429 e. The van der Waals surface area contributed by atoms with Gasteiger partial charge in [-0.1, -0.05) is 18.2 Å². The zero-order chi connectivity index (χ0) is 15.2. The Bertz CT molecular complexity index is 721. The summed E-state index contributed by atoms with van der Waals surface area (Å²) in [7, 11) is 1.65. The number of rotatable bonds is 4. The SMILES string of the molecule is CC(O[B]c1ccc2c3c(cccc13)C(=O)N2)C(C)(C)O. The third-order valence-corrected chi connectivity index (χ3v) is 3.96. The first-order chi connectivity index (χ1) is 9.88. The van der Waals surface area contributed by atoms with E-state index in [-0.39, 0.29) is 12.0 Å². The summed E-state index contributed by atoms with van der Waals surface area (Å²) >= 11 is 0. The molecule has 0 saturated carbocycles. The maximum atomic E-state index is 11.9. The van der Waals surface area contributed by atoms with E-state index in [1.165, 1.54) is 0 Å². The Morgan fingerprint density at radius 3 is 2.76 bits per heavy atom. The average molecular weight is 282 g/mol. The molecule has 2 aromatic carbocycles. The summed E-state index contributed by atoms with van der Waals surface area (Å²) in [5.41, 5.74) is 1.50. The van der Waals surface area contributed by atoms with Crippen LogP contribution >= 0.6 is 0 Å². The molecule has 1 unspecified atom stereocenters. The first-order valence-corrected chi connectivity index (χ1v) is 6.96. The molecule has 107 valence electrons. The van der Waals surface area contributed by atoms with Gasteiger partial charge in [0.1, 0.15) is 0 Å². The summed E-state index contributed by atoms with van der Waals surface area (Å²) < 4.78 is 5.65. The normalized spacial score (nSPS) is 15.1. The topological polar surface area (TPSA) is 58.6 Å². The molecule has 2 N–H and O–H groups in total. The van der Waals surface area contributed by atoms with E-state index >= 15 is 0 Å². The first-order valence-electron chi connectivity index (χ1n) is 6.96. The van der Waals surface area contributed by atoms with E-state index in [4.69, 9.17) is 4.65 Å². The molecule has 0 spiro atoms. The second-order valence-electron chi connectivity index (χ2n) is 5.93. The standard InChI is InChI=1S/C16H17BNO3/c1-9(16(2,3)20)21-17-12-7-8-13-14-10(12)5-4-6-11(14)15(19)18-13/h4-9,20H,1-3H3,(H,18,19). The Morgan fingerprint density at radius 1 is 1.29 bits per heavy atom. The number of aliphatic hydroxyl groups is 1. The smallest absolute Gasteiger partial charge is 0.331 e. The molecule has 1 atom stereocenters. The predicted molar refractivity (Wildman–Crippen MR) is 84.1 cm³/mol. The minimum atomic E-state index is -0.914. The van der Waals surface area contributed by atoms with Gasteiger partial charge in [0.15, 0.2) is 0 Å². The van der Waals surface area contributed by atoms with Crippen molar-refractivity contribution in [3.8, 4) is 0 Å². The van der Waals surface area contributed by atoms with Gasteiger partial charge in [0.25, 0.3) is 5.91 Å². The fourth-order valence-corrected chi connectivity index (χ4v) is 2.36. The number of amides is 1. The van der Waals surface area contributed by atoms with Gasteiger partial charge in [-0.15, -0.1) is 0 Å². The summed E-state index contributed by atoms with van der Waals surface area (Å²) in [5, 5.41) is 14.7. The molecular formula is C16H17BNO3. The van der Waals surface area contributed by atoms with Gasteiger partial charge in [-0.3, -0.25) is 4.79 Å². The monoisotopic (exact) mass is 282 g/mol. The summed E-state index contributed by atoms with van der Waals surface area (Å²) in [6.45, 7) is 5.24. The number of hydrogen-bond acceptors (Lipinski definition) is 3. The van der Waals surface area contributed by atoms with Crippen LogP contribution in [-0.2, 0) is 4.65 Å². The van der Waals surface area contributed by atoms with Gasteiger partial charge in [-0.05, 0) is 43.8 Å². The minimum Gasteiger partial charge on any atom is -0.429 e. The number of hydrogen-bond donors (Lipinski definition) is 2. The minimum absolute atomic E-state index is 0.0708. The third-order valence-electron chi connectivity index (χ3n) is 3.96. The van der Waals surface area contributed by atoms with Crippen LogP contribution in [0, 0.1) is 0 Å². The van der Waals surface area contributed by atoms with Crippen LogP contribution in [0.25, 0.3) is 10.8 Å². The van der Waals surface area contributed by atoms with Crippen LogP contribution in [0.5, 0.6) is 0 Å². The Labute approximate surface area is 124 Å². The van der Waals surface area contributed by atoms with Gasteiger partial charge in [-0.25, -0.2) is 0 Å². The van der Waals surface area contributed by atoms with E-state index in [1.54, 1.807) is 21.3 Å². The highest BCUT2D eigenvalue weighted by atomic mass is 16.5. The van der Waals surface area contributed by atoms with Gasteiger partial charge in [-0.2, -0.15) is 0 Å². The quantitative estimate of drug-likeness (QED) is 0.841. The average Bonchev–Trinajstić information content (AvgIpc) is 2.75. The number of nitrogens with one attached hydrogen (secondary N) is 1. The van der Waals surface area contributed by atoms with Crippen molar-refractivity contribution in [2.75, 3.05) is 5.32 Å². The number of carbonyl (C=O) groups excluding carboxylic acids is 1. The van der Waals surface area contributed by atoms with E-state index in [0.717, 1.165) is 21.9 Å². The second-order valence-corrected chi connectivity index (χ2v) is 5.93. The van der Waals surface area contributed by atoms with Crippen LogP contribution in [0.2, 0.25) is 0 Å². The first kappa shape index (κ1) is 14.1. The van der Waals surface area contributed by atoms with E-state index in [2.05, 4.69) is 5.32 Å². The fraction of sp³-hybridized carbons (Fsp3) is 0.312. The van der Waals surface area contributed by atoms with E-state index in [9.17, 15) is 9.90 Å². The Morgan fingerprint density at radius 2 is 2.05 bits per heavy atom. The molecule has 2 aromatic rings. The van der Waals surface area contributed by atoms with Crippen LogP contribution in [0.15, 0.2) is 30.3 Å². The summed E-state index contributed by atoms with van der Waals surface area (Å²) in [4.78, 5) is 11.9. The van der Waals surface area contributed by atoms with Crippen LogP contribution in [-0.4, -0.2) is 30.2 Å². The van der Waals surface area contributed by atoms with Crippen molar-refractivity contribution in [3.63, 3.8) is 0 Å². The molecule has 0 fully saturated rings. The zero-order valence-corrected chi connectivity index (χ0v) is 12.3. The predicted octanol–water partition coefficient (Wildman–Crippen LogP) is 1.83. The van der Waals surface area contributed by atoms with Crippen molar-refractivity contribution < 1.29 is 14.6 Å². The van der Waals surface area contributed by atoms with Gasteiger partial charge < -0.3 is 15.1 Å². The zero-order valence-electron chi connectivity index (χ0n) is 12.3. The van der Waals surface area contributed by atoms with Crippen molar-refractivity contribution in [3.05, 3.63) is 35.9 Å². The lowest BCUT2D eigenvalue weighted by atomic mass is 9.82. The van der Waals surface area contributed by atoms with Crippen molar-refractivity contribution in [2.24, 2.45) is 0 Å². The van der Waals surface area contributed by atoms with E-state index in [0.29, 0.717) is 5.56 Å². The summed E-state index contributed by atoms with van der Waals surface area (Å²) in [6, 6.07) is 9.43. The number of carbonyl (C=O) groups is 1. The van der Waals surface area contributed by atoms with Crippen molar-refractivity contribution in [2.45, 2.75) is 32.5 Å². The Kier molecular flexibility index (Phi) is 3.27. The lowest BCUT2D eigenvalue weighted by Gasteiger charge is -2.26. The van der Waals surface area contributed by atoms with Crippen molar-refractivity contribution in [1.29, 1.82) is 0 Å². The molecule has 0 aliphatic carbocycles. The summed E-state index contributed by atoms with van der Waals surface area (Å²) in [5.74, 6) is -0.0708. The fourth-order valence-electron chi connectivity index (χ4n) is 2.36. The molecule has 0 saturated heterocycles. The van der Waals surface area contributed by atoms with Gasteiger partial charge in [0.2, 0.25) is 0 Å². The molecule has 0 bridgehead atoms. The molecule has 1 amide bonds. The van der Waals surface area contributed by atoms with Gasteiger partial charge in [0, 0.05) is 16.6 Å². The molecule has 1 radical (unpaired) electrons. The second kappa shape index (κ2) is 4.86. The highest BCUT2D eigenvalue weighted by Crippen LogP contribution is 2.31. The van der Waals surface area contributed by atoms with E-state index < -0.39 is 5.60 Å². The highest BCUT2D eigenvalue weighted by molar-refractivity contribution is 6.52. The number of benzene rings is 2. The lowest BCUT2D eigenvalue weighted by Crippen LogP contribution is -2.38. The molecule has 21 heavy (non-hydrogen) atoms. The van der Waals surface area contributed by atoms with Crippen molar-refractivity contribution in [1.82, 2.24) is 0 Å². The molecule has 3 rings (SSSR count). The maximum absolute atomic E-state index is 11.9. The summed E-state index contributed by atoms with van der Waals surface area (Å²) in [6.07, 6.45) is -0.333. The maximum Gasteiger partial charge on any atom is 0.331 e. The molecular weight excluding hydrogens is 265 g/mol. The third kappa shape index (κ3) is 2.43. The Balaban J connectivity index is 1.95. The molecule has 1 aliphatic heterocycles. The Hall–Kier alpha value is -1.85. The van der Waals surface area contributed by atoms with Crippen LogP contribution in [0.3, 0.4) is 0 Å². The van der Waals surface area contributed by atoms with Gasteiger partial charge in [0.05, 0.1) is 11.7 Å².